The van der Waals surface area contributed by atoms with Gasteiger partial charge in [0, 0.05) is 17.5 Å². The first-order valence-corrected chi connectivity index (χ1v) is 9.59. The van der Waals surface area contributed by atoms with Crippen LogP contribution in [-0.4, -0.2) is 50.6 Å². The summed E-state index contributed by atoms with van der Waals surface area (Å²) in [6.07, 6.45) is 0. The number of halogens is 1. The summed E-state index contributed by atoms with van der Waals surface area (Å²) in [6.45, 7) is 1.81. The summed E-state index contributed by atoms with van der Waals surface area (Å²) in [6, 6.07) is 11.3. The molecule has 0 unspecified atom stereocenters. The third kappa shape index (κ3) is 5.37. The van der Waals surface area contributed by atoms with Gasteiger partial charge < -0.3 is 9.64 Å². The first-order valence-electron chi connectivity index (χ1n) is 8.39. The van der Waals surface area contributed by atoms with Gasteiger partial charge in [-0.1, -0.05) is 41.4 Å². The number of carbonyl (C=O) groups is 2. The standard InChI is InChI=1S/C18H18ClN5O3S/c1-12-3-5-13(6-4-12)18-20-22-24(21-18)10-17(26)27-11-16(25)23(2)9-14-7-8-15(19)28-14/h3-8H,9-11H2,1-2H3. The molecule has 0 atom stereocenters. The van der Waals surface area contributed by atoms with Gasteiger partial charge in [-0.2, -0.15) is 4.80 Å². The maximum atomic E-state index is 12.1. The summed E-state index contributed by atoms with van der Waals surface area (Å²) in [4.78, 5) is 27.6. The van der Waals surface area contributed by atoms with E-state index in [0.29, 0.717) is 16.7 Å². The van der Waals surface area contributed by atoms with Crippen LogP contribution >= 0.6 is 22.9 Å². The molecule has 0 aliphatic heterocycles. The molecular weight excluding hydrogens is 402 g/mol. The molecule has 3 rings (SSSR count). The highest BCUT2D eigenvalue weighted by atomic mass is 35.5. The zero-order valence-corrected chi connectivity index (χ0v) is 16.9. The molecule has 10 heteroatoms. The summed E-state index contributed by atoms with van der Waals surface area (Å²) in [7, 11) is 1.64. The molecule has 0 fully saturated rings. The van der Waals surface area contributed by atoms with Crippen molar-refractivity contribution in [3.05, 3.63) is 51.2 Å². The molecule has 1 aromatic carbocycles. The van der Waals surface area contributed by atoms with E-state index in [1.807, 2.05) is 37.3 Å². The van der Waals surface area contributed by atoms with E-state index in [0.717, 1.165) is 20.8 Å². The fourth-order valence-corrected chi connectivity index (χ4v) is 3.44. The number of tetrazole rings is 1. The Hall–Kier alpha value is -2.78. The largest absolute Gasteiger partial charge is 0.454 e. The Labute approximate surface area is 170 Å². The van der Waals surface area contributed by atoms with Gasteiger partial charge in [0.2, 0.25) is 5.82 Å². The third-order valence-corrected chi connectivity index (χ3v) is 5.05. The summed E-state index contributed by atoms with van der Waals surface area (Å²) in [5.41, 5.74) is 1.92. The van der Waals surface area contributed by atoms with Crippen LogP contribution in [0.3, 0.4) is 0 Å². The Kier molecular flexibility index (Phi) is 6.37. The molecule has 2 heterocycles. The molecule has 0 aliphatic rings. The molecule has 1 amide bonds. The summed E-state index contributed by atoms with van der Waals surface area (Å²) in [5.74, 6) is -0.517. The van der Waals surface area contributed by atoms with Crippen LogP contribution in [0, 0.1) is 6.92 Å². The zero-order chi connectivity index (χ0) is 20.1. The lowest BCUT2D eigenvalue weighted by Crippen LogP contribution is -2.31. The number of hydrogen-bond donors (Lipinski definition) is 0. The molecule has 0 bridgehead atoms. The van der Waals surface area contributed by atoms with E-state index < -0.39 is 5.97 Å². The van der Waals surface area contributed by atoms with Crippen LogP contribution in [0.25, 0.3) is 11.4 Å². The minimum Gasteiger partial charge on any atom is -0.454 e. The van der Waals surface area contributed by atoms with E-state index >= 15 is 0 Å². The second-order valence-corrected chi connectivity index (χ2v) is 7.93. The monoisotopic (exact) mass is 419 g/mol. The lowest BCUT2D eigenvalue weighted by atomic mass is 10.1. The van der Waals surface area contributed by atoms with Crippen LogP contribution in [0.15, 0.2) is 36.4 Å². The van der Waals surface area contributed by atoms with Gasteiger partial charge in [-0.3, -0.25) is 4.79 Å². The van der Waals surface area contributed by atoms with Gasteiger partial charge >= 0.3 is 5.97 Å². The first-order chi connectivity index (χ1) is 13.4. The molecule has 28 heavy (non-hydrogen) atoms. The van der Waals surface area contributed by atoms with Gasteiger partial charge in [0.25, 0.3) is 5.91 Å². The Morgan fingerprint density at radius 1 is 1.21 bits per heavy atom. The van der Waals surface area contributed by atoms with Crippen LogP contribution in [0.1, 0.15) is 10.4 Å². The second kappa shape index (κ2) is 8.94. The van der Waals surface area contributed by atoms with E-state index in [1.165, 1.54) is 16.2 Å². The van der Waals surface area contributed by atoms with Crippen LogP contribution < -0.4 is 0 Å². The second-order valence-electron chi connectivity index (χ2n) is 6.13. The molecule has 146 valence electrons. The number of aromatic nitrogens is 4. The van der Waals surface area contributed by atoms with E-state index in [4.69, 9.17) is 16.3 Å². The maximum Gasteiger partial charge on any atom is 0.330 e. The molecule has 3 aromatic rings. The predicted molar refractivity (Wildman–Crippen MR) is 105 cm³/mol. The average molecular weight is 420 g/mol. The van der Waals surface area contributed by atoms with Gasteiger partial charge in [0.15, 0.2) is 13.2 Å². The normalized spacial score (nSPS) is 10.7. The molecule has 0 saturated heterocycles. The molecular formula is C18H18ClN5O3S. The Balaban J connectivity index is 1.47. The van der Waals surface area contributed by atoms with Gasteiger partial charge in [0.1, 0.15) is 0 Å². The highest BCUT2D eigenvalue weighted by Gasteiger charge is 2.15. The van der Waals surface area contributed by atoms with E-state index in [-0.39, 0.29) is 19.1 Å². The Bertz CT molecular complexity index is 970. The SMILES string of the molecule is Cc1ccc(-c2nnn(CC(=O)OCC(=O)N(C)Cc3ccc(Cl)s3)n2)cc1. The highest BCUT2D eigenvalue weighted by Crippen LogP contribution is 2.22. The number of rotatable bonds is 7. The van der Waals surface area contributed by atoms with E-state index in [9.17, 15) is 9.59 Å². The van der Waals surface area contributed by atoms with Crippen LogP contribution in [0.5, 0.6) is 0 Å². The molecule has 0 aliphatic carbocycles. The maximum absolute atomic E-state index is 12.1. The molecule has 0 saturated carbocycles. The number of thiophene rings is 1. The smallest absolute Gasteiger partial charge is 0.330 e. The van der Waals surface area contributed by atoms with Crippen molar-refractivity contribution in [3.63, 3.8) is 0 Å². The van der Waals surface area contributed by atoms with Crippen LogP contribution in [0.2, 0.25) is 4.34 Å². The number of nitrogens with zero attached hydrogens (tertiary/aromatic N) is 5. The summed E-state index contributed by atoms with van der Waals surface area (Å²) >= 11 is 7.28. The minimum atomic E-state index is -0.617. The van der Waals surface area contributed by atoms with Crippen molar-refractivity contribution in [1.82, 2.24) is 25.1 Å². The number of hydrogen-bond acceptors (Lipinski definition) is 7. The lowest BCUT2D eigenvalue weighted by Gasteiger charge is -2.15. The number of likely N-dealkylation sites (N-methyl/N-ethyl adjacent to an activating group) is 1. The lowest BCUT2D eigenvalue weighted by molar-refractivity contribution is -0.152. The number of esters is 1. The highest BCUT2D eigenvalue weighted by molar-refractivity contribution is 7.16. The van der Waals surface area contributed by atoms with Crippen molar-refractivity contribution in [2.24, 2.45) is 0 Å². The van der Waals surface area contributed by atoms with Gasteiger partial charge in [-0.25, -0.2) is 4.79 Å². The molecule has 0 radical (unpaired) electrons. The summed E-state index contributed by atoms with van der Waals surface area (Å²) in [5, 5.41) is 11.9. The number of amides is 1. The van der Waals surface area contributed by atoms with Crippen molar-refractivity contribution in [1.29, 1.82) is 0 Å². The number of ether oxygens (including phenoxy) is 1. The Morgan fingerprint density at radius 2 is 1.96 bits per heavy atom. The predicted octanol–water partition coefficient (Wildman–Crippen LogP) is 2.57. The topological polar surface area (TPSA) is 90.2 Å². The molecule has 0 N–H and O–H groups in total. The van der Waals surface area contributed by atoms with Gasteiger partial charge in [-0.05, 0) is 24.3 Å². The fourth-order valence-electron chi connectivity index (χ4n) is 2.30. The van der Waals surface area contributed by atoms with Crippen molar-refractivity contribution in [3.8, 4) is 11.4 Å². The number of benzene rings is 1. The van der Waals surface area contributed by atoms with Crippen LogP contribution in [0.4, 0.5) is 0 Å². The average Bonchev–Trinajstić information content (AvgIpc) is 3.29. The number of aryl methyl sites for hydroxylation is 1. The molecule has 2 aromatic heterocycles. The minimum absolute atomic E-state index is 0.226. The van der Waals surface area contributed by atoms with Crippen molar-refractivity contribution >= 4 is 34.8 Å². The van der Waals surface area contributed by atoms with E-state index in [1.54, 1.807) is 13.1 Å². The number of carbonyl (C=O) groups excluding carboxylic acids is 2. The van der Waals surface area contributed by atoms with Crippen LogP contribution in [-0.2, 0) is 27.4 Å². The quantitative estimate of drug-likeness (QED) is 0.547. The molecule has 0 spiro atoms. The van der Waals surface area contributed by atoms with Gasteiger partial charge in [0.05, 0.1) is 10.9 Å². The fraction of sp³-hybridized carbons (Fsp3) is 0.278. The molecule has 8 nitrogen and oxygen atoms in total. The van der Waals surface area contributed by atoms with Crippen molar-refractivity contribution in [2.75, 3.05) is 13.7 Å². The zero-order valence-electron chi connectivity index (χ0n) is 15.3. The van der Waals surface area contributed by atoms with Gasteiger partial charge in [-0.15, -0.1) is 21.5 Å². The van der Waals surface area contributed by atoms with E-state index in [2.05, 4.69) is 15.4 Å². The first kappa shape index (κ1) is 20.0. The Morgan fingerprint density at radius 3 is 2.64 bits per heavy atom. The summed E-state index contributed by atoms with van der Waals surface area (Å²) < 4.78 is 5.68. The van der Waals surface area contributed by atoms with Crippen molar-refractivity contribution in [2.45, 2.75) is 20.0 Å². The third-order valence-electron chi connectivity index (χ3n) is 3.84. The van der Waals surface area contributed by atoms with Crippen molar-refractivity contribution < 1.29 is 14.3 Å².